The van der Waals surface area contributed by atoms with E-state index < -0.39 is 17.1 Å². The largest absolute Gasteiger partial charge is 0.374 e. The van der Waals surface area contributed by atoms with E-state index in [9.17, 15) is 25.4 Å². The van der Waals surface area contributed by atoms with E-state index >= 15 is 0 Å². The SMILES string of the molecule is CCC(O)(O)Nc1ccc(N(C)C(C)O)cc1[N+](=O)[O-].Cl. The minimum absolute atomic E-state index is 0. The fourth-order valence-corrected chi connectivity index (χ4v) is 1.52. The van der Waals surface area contributed by atoms with E-state index in [4.69, 9.17) is 0 Å². The predicted octanol–water partition coefficient (Wildman–Crippen LogP) is 1.25. The number of halogens is 1. The highest BCUT2D eigenvalue weighted by Crippen LogP contribution is 2.31. The van der Waals surface area contributed by atoms with Crippen LogP contribution < -0.4 is 10.2 Å². The molecule has 0 radical (unpaired) electrons. The van der Waals surface area contributed by atoms with Gasteiger partial charge >= 0.3 is 0 Å². The van der Waals surface area contributed by atoms with Crippen LogP contribution >= 0.6 is 12.4 Å². The Balaban J connectivity index is 0.00000400. The molecule has 0 spiro atoms. The van der Waals surface area contributed by atoms with Crippen LogP contribution in [0, 0.1) is 10.1 Å². The third-order valence-corrected chi connectivity index (χ3v) is 2.97. The van der Waals surface area contributed by atoms with Crippen LogP contribution in [0.5, 0.6) is 0 Å². The minimum Gasteiger partial charge on any atom is -0.374 e. The Morgan fingerprint density at radius 2 is 2.05 bits per heavy atom. The summed E-state index contributed by atoms with van der Waals surface area (Å²) in [6.45, 7) is 3.05. The Morgan fingerprint density at radius 3 is 2.48 bits per heavy atom. The van der Waals surface area contributed by atoms with Gasteiger partial charge in [-0.1, -0.05) is 6.92 Å². The molecule has 1 atom stereocenters. The van der Waals surface area contributed by atoms with Crippen molar-refractivity contribution < 1.29 is 20.2 Å². The van der Waals surface area contributed by atoms with Gasteiger partial charge in [0.2, 0.25) is 5.91 Å². The predicted molar refractivity (Wildman–Crippen MR) is 81.5 cm³/mol. The highest BCUT2D eigenvalue weighted by atomic mass is 35.5. The molecular formula is C12H20ClN3O5. The molecule has 0 fully saturated rings. The molecule has 4 N–H and O–H groups in total. The number of nitro benzene ring substituents is 1. The number of hydrogen-bond donors (Lipinski definition) is 4. The molecule has 1 unspecified atom stereocenters. The van der Waals surface area contributed by atoms with E-state index in [0.29, 0.717) is 5.69 Å². The zero-order valence-electron chi connectivity index (χ0n) is 12.0. The lowest BCUT2D eigenvalue weighted by Crippen LogP contribution is -2.37. The molecule has 120 valence electrons. The summed E-state index contributed by atoms with van der Waals surface area (Å²) < 4.78 is 0. The van der Waals surface area contributed by atoms with Crippen LogP contribution in [0.1, 0.15) is 20.3 Å². The molecule has 0 saturated heterocycles. The summed E-state index contributed by atoms with van der Waals surface area (Å²) in [7, 11) is 1.59. The summed E-state index contributed by atoms with van der Waals surface area (Å²) in [5.41, 5.74) is 0.121. The Bertz CT molecular complexity index is 496. The Hall–Kier alpha value is -1.61. The molecule has 1 rings (SSSR count). The van der Waals surface area contributed by atoms with E-state index in [2.05, 4.69) is 5.32 Å². The lowest BCUT2D eigenvalue weighted by Gasteiger charge is -2.25. The van der Waals surface area contributed by atoms with E-state index in [1.165, 1.54) is 36.9 Å². The highest BCUT2D eigenvalue weighted by Gasteiger charge is 2.25. The molecule has 0 bridgehead atoms. The Kier molecular flexibility index (Phi) is 6.84. The number of rotatable bonds is 6. The fraction of sp³-hybridized carbons (Fsp3) is 0.500. The second-order valence-electron chi connectivity index (χ2n) is 4.50. The molecule has 0 saturated carbocycles. The van der Waals surface area contributed by atoms with Gasteiger partial charge in [-0.15, -0.1) is 12.4 Å². The first kappa shape index (κ1) is 19.4. The molecule has 21 heavy (non-hydrogen) atoms. The van der Waals surface area contributed by atoms with Gasteiger partial charge in [0.1, 0.15) is 11.9 Å². The molecule has 0 heterocycles. The lowest BCUT2D eigenvalue weighted by molar-refractivity contribution is -0.384. The van der Waals surface area contributed by atoms with Crippen molar-refractivity contribution in [2.45, 2.75) is 32.4 Å². The summed E-state index contributed by atoms with van der Waals surface area (Å²) in [4.78, 5) is 11.9. The smallest absolute Gasteiger partial charge is 0.294 e. The van der Waals surface area contributed by atoms with Crippen molar-refractivity contribution in [3.63, 3.8) is 0 Å². The van der Waals surface area contributed by atoms with Crippen molar-refractivity contribution in [1.82, 2.24) is 0 Å². The first-order valence-electron chi connectivity index (χ1n) is 6.10. The second kappa shape index (κ2) is 7.41. The number of hydrogen-bond acceptors (Lipinski definition) is 7. The van der Waals surface area contributed by atoms with E-state index in [1.54, 1.807) is 7.05 Å². The van der Waals surface area contributed by atoms with Crippen LogP contribution in [0.3, 0.4) is 0 Å². The first-order valence-corrected chi connectivity index (χ1v) is 6.10. The van der Waals surface area contributed by atoms with E-state index in [1.807, 2.05) is 0 Å². The fourth-order valence-electron chi connectivity index (χ4n) is 1.52. The highest BCUT2D eigenvalue weighted by molar-refractivity contribution is 5.85. The summed E-state index contributed by atoms with van der Waals surface area (Å²) in [6, 6.07) is 4.15. The van der Waals surface area contributed by atoms with Gasteiger partial charge in [-0.05, 0) is 19.1 Å². The van der Waals surface area contributed by atoms with Gasteiger partial charge in [-0.25, -0.2) is 0 Å². The quantitative estimate of drug-likeness (QED) is 0.353. The lowest BCUT2D eigenvalue weighted by atomic mass is 10.2. The maximum absolute atomic E-state index is 11.1. The molecule has 9 heteroatoms. The zero-order chi connectivity index (χ0) is 15.5. The van der Waals surface area contributed by atoms with Gasteiger partial charge < -0.3 is 25.5 Å². The summed E-state index contributed by atoms with van der Waals surface area (Å²) in [5.74, 6) is -2.22. The first-order chi connectivity index (χ1) is 9.18. The summed E-state index contributed by atoms with van der Waals surface area (Å²) in [5, 5.41) is 41.9. The number of nitrogens with zero attached hydrogens (tertiary/aromatic N) is 2. The van der Waals surface area contributed by atoms with Crippen LogP contribution in [0.15, 0.2) is 18.2 Å². The van der Waals surface area contributed by atoms with Crippen molar-refractivity contribution in [2.24, 2.45) is 0 Å². The third kappa shape index (κ3) is 5.01. The molecule has 1 aromatic rings. The van der Waals surface area contributed by atoms with Gasteiger partial charge in [-0.2, -0.15) is 0 Å². The van der Waals surface area contributed by atoms with Crippen LogP contribution in [0.4, 0.5) is 17.1 Å². The number of anilines is 2. The summed E-state index contributed by atoms with van der Waals surface area (Å²) >= 11 is 0. The van der Waals surface area contributed by atoms with E-state index in [-0.39, 0.29) is 30.2 Å². The van der Waals surface area contributed by atoms with Crippen LogP contribution in [0.2, 0.25) is 0 Å². The molecule has 0 amide bonds. The number of nitro groups is 1. The van der Waals surface area contributed by atoms with Gasteiger partial charge in [-0.3, -0.25) is 10.1 Å². The van der Waals surface area contributed by atoms with Crippen molar-refractivity contribution >= 4 is 29.5 Å². The summed E-state index contributed by atoms with van der Waals surface area (Å²) in [6.07, 6.45) is -0.849. The molecule has 0 aliphatic carbocycles. The third-order valence-electron chi connectivity index (χ3n) is 2.97. The van der Waals surface area contributed by atoms with Gasteiger partial charge in [0, 0.05) is 25.2 Å². The van der Waals surface area contributed by atoms with Crippen molar-refractivity contribution in [3.05, 3.63) is 28.3 Å². The van der Waals surface area contributed by atoms with Crippen LogP contribution in [-0.2, 0) is 0 Å². The standard InChI is InChI=1S/C12H19N3O5.ClH/c1-4-12(17,18)13-10-6-5-9(14(3)8(2)16)7-11(10)15(19)20;/h5-8,13,16-18H,4H2,1-3H3;1H. The molecule has 1 aromatic carbocycles. The maximum atomic E-state index is 11.1. The number of benzene rings is 1. The van der Waals surface area contributed by atoms with Gasteiger partial charge in [0.05, 0.1) is 4.92 Å². The van der Waals surface area contributed by atoms with Crippen molar-refractivity contribution in [2.75, 3.05) is 17.3 Å². The van der Waals surface area contributed by atoms with E-state index in [0.717, 1.165) is 0 Å². The zero-order valence-corrected chi connectivity index (χ0v) is 12.8. The normalized spacial score (nSPS) is 12.3. The monoisotopic (exact) mass is 321 g/mol. The van der Waals surface area contributed by atoms with Gasteiger partial charge in [0.25, 0.3) is 5.69 Å². The average molecular weight is 322 g/mol. The molecule has 0 aliphatic heterocycles. The topological polar surface area (TPSA) is 119 Å². The number of nitrogens with one attached hydrogen (secondary N) is 1. The van der Waals surface area contributed by atoms with Crippen LogP contribution in [0.25, 0.3) is 0 Å². The molecule has 8 nitrogen and oxygen atoms in total. The maximum Gasteiger partial charge on any atom is 0.294 e. The molecule has 0 aliphatic rings. The number of aliphatic hydroxyl groups is 3. The molecular weight excluding hydrogens is 302 g/mol. The number of aliphatic hydroxyl groups excluding tert-OH is 1. The second-order valence-corrected chi connectivity index (χ2v) is 4.50. The van der Waals surface area contributed by atoms with Crippen molar-refractivity contribution in [3.8, 4) is 0 Å². The average Bonchev–Trinajstić information content (AvgIpc) is 2.37. The Labute approximate surface area is 128 Å². The van der Waals surface area contributed by atoms with Crippen molar-refractivity contribution in [1.29, 1.82) is 0 Å². The minimum atomic E-state index is -2.22. The Morgan fingerprint density at radius 1 is 1.48 bits per heavy atom. The molecule has 0 aromatic heterocycles. The van der Waals surface area contributed by atoms with Gasteiger partial charge in [0.15, 0.2) is 0 Å². The van der Waals surface area contributed by atoms with Crippen LogP contribution in [-0.4, -0.2) is 39.4 Å².